The third-order valence-electron chi connectivity index (χ3n) is 6.12. The first kappa shape index (κ1) is 34.9. The number of ether oxygens (including phenoxy) is 6. The average Bonchev–Trinajstić information content (AvgIpc) is 2.90. The SMILES string of the molecule is C[C@@H](COC(=O)C1CCCCC1)OC(=O)[C@@H](N)Cc1ccc(OC(=O)OCC(C)(C)C)c(OC(=O)OCC(C)(C)C)c1. The van der Waals surface area contributed by atoms with Gasteiger partial charge in [-0.2, -0.15) is 0 Å². The minimum Gasteiger partial charge on any atom is -0.462 e. The van der Waals surface area contributed by atoms with Crippen LogP contribution in [0.2, 0.25) is 0 Å². The summed E-state index contributed by atoms with van der Waals surface area (Å²) < 4.78 is 31.7. The second-order valence-electron chi connectivity index (χ2n) is 13.2. The average molecular weight is 594 g/mol. The van der Waals surface area contributed by atoms with Crippen molar-refractivity contribution in [3.63, 3.8) is 0 Å². The van der Waals surface area contributed by atoms with Crippen LogP contribution in [0.3, 0.4) is 0 Å². The van der Waals surface area contributed by atoms with Crippen LogP contribution in [-0.4, -0.2) is 56.2 Å². The van der Waals surface area contributed by atoms with Crippen LogP contribution in [0.1, 0.15) is 86.1 Å². The maximum atomic E-state index is 12.6. The van der Waals surface area contributed by atoms with Gasteiger partial charge in [0, 0.05) is 0 Å². The normalized spacial score (nSPS) is 15.6. The summed E-state index contributed by atoms with van der Waals surface area (Å²) in [6.45, 7) is 13.1. The molecule has 2 N–H and O–H groups in total. The van der Waals surface area contributed by atoms with Crippen molar-refractivity contribution in [1.29, 1.82) is 0 Å². The molecule has 1 aliphatic carbocycles. The van der Waals surface area contributed by atoms with Crippen molar-refractivity contribution in [2.45, 2.75) is 99.1 Å². The van der Waals surface area contributed by atoms with Crippen molar-refractivity contribution < 1.29 is 47.6 Å². The van der Waals surface area contributed by atoms with E-state index < -0.39 is 30.4 Å². The zero-order chi connectivity index (χ0) is 31.5. The van der Waals surface area contributed by atoms with Gasteiger partial charge in [-0.25, -0.2) is 9.59 Å². The van der Waals surface area contributed by atoms with Gasteiger partial charge in [0.25, 0.3) is 0 Å². The molecular formula is C31H47NO10. The van der Waals surface area contributed by atoms with E-state index in [1.54, 1.807) is 13.0 Å². The first-order valence-corrected chi connectivity index (χ1v) is 14.5. The molecule has 1 saturated carbocycles. The zero-order valence-electron chi connectivity index (χ0n) is 26.0. The Morgan fingerprint density at radius 2 is 1.38 bits per heavy atom. The highest BCUT2D eigenvalue weighted by molar-refractivity contribution is 5.76. The largest absolute Gasteiger partial charge is 0.513 e. The molecule has 0 unspecified atom stereocenters. The molecule has 0 saturated heterocycles. The molecule has 42 heavy (non-hydrogen) atoms. The fourth-order valence-corrected chi connectivity index (χ4v) is 3.95. The highest BCUT2D eigenvalue weighted by Gasteiger charge is 2.25. The molecule has 0 aromatic heterocycles. The van der Waals surface area contributed by atoms with E-state index in [9.17, 15) is 19.2 Å². The standard InChI is InChI=1S/C31H47NO10/c1-20(17-37-26(33)22-11-9-8-10-12-22)40-27(34)23(32)15-21-13-14-24(41-28(35)38-18-30(2,3)4)25(16-21)42-29(36)39-19-31(5,6)7/h13-14,16,20,22-23H,8-12,15,17-19,32H2,1-7H3/t20-,23-/m0/s1. The Bertz CT molecular complexity index is 1070. The van der Waals surface area contributed by atoms with E-state index >= 15 is 0 Å². The lowest BCUT2D eigenvalue weighted by Gasteiger charge is -2.22. The summed E-state index contributed by atoms with van der Waals surface area (Å²) in [4.78, 5) is 49.5. The van der Waals surface area contributed by atoms with Gasteiger partial charge in [0.05, 0.1) is 19.1 Å². The molecule has 1 aliphatic rings. The van der Waals surface area contributed by atoms with E-state index in [1.165, 1.54) is 12.1 Å². The van der Waals surface area contributed by atoms with Crippen molar-refractivity contribution in [2.75, 3.05) is 19.8 Å². The number of carbonyl (C=O) groups is 4. The van der Waals surface area contributed by atoms with E-state index in [4.69, 9.17) is 34.2 Å². The van der Waals surface area contributed by atoms with Crippen molar-refractivity contribution in [3.05, 3.63) is 23.8 Å². The Labute approximate surface area is 248 Å². The summed E-state index contributed by atoms with van der Waals surface area (Å²) in [7, 11) is 0. The molecule has 0 spiro atoms. The van der Waals surface area contributed by atoms with Gasteiger partial charge in [0.1, 0.15) is 18.8 Å². The molecule has 2 atom stereocenters. The quantitative estimate of drug-likeness (QED) is 0.190. The number of carbonyl (C=O) groups excluding carboxylic acids is 4. The van der Waals surface area contributed by atoms with Crippen LogP contribution >= 0.6 is 0 Å². The van der Waals surface area contributed by atoms with Crippen LogP contribution in [0, 0.1) is 16.7 Å². The lowest BCUT2D eigenvalue weighted by molar-refractivity contribution is -0.161. The third kappa shape index (κ3) is 13.5. The molecule has 0 radical (unpaired) electrons. The molecule has 236 valence electrons. The Hall–Kier alpha value is -3.34. The lowest BCUT2D eigenvalue weighted by atomic mass is 9.89. The van der Waals surface area contributed by atoms with Gasteiger partial charge in [-0.05, 0) is 54.7 Å². The highest BCUT2D eigenvalue weighted by Crippen LogP contribution is 2.30. The van der Waals surface area contributed by atoms with Crippen LogP contribution in [0.25, 0.3) is 0 Å². The summed E-state index contributed by atoms with van der Waals surface area (Å²) in [6.07, 6.45) is 2.18. The van der Waals surface area contributed by atoms with Gasteiger partial charge in [0.2, 0.25) is 0 Å². The van der Waals surface area contributed by atoms with Crippen LogP contribution in [0.15, 0.2) is 18.2 Å². The second kappa shape index (κ2) is 15.8. The molecule has 0 amide bonds. The summed E-state index contributed by atoms with van der Waals surface area (Å²) in [5, 5.41) is 0. The molecule has 11 nitrogen and oxygen atoms in total. The van der Waals surface area contributed by atoms with Crippen LogP contribution in [0.5, 0.6) is 11.5 Å². The second-order valence-corrected chi connectivity index (χ2v) is 13.2. The van der Waals surface area contributed by atoms with Gasteiger partial charge in [0.15, 0.2) is 11.5 Å². The van der Waals surface area contributed by atoms with Gasteiger partial charge in [-0.3, -0.25) is 9.59 Å². The number of benzene rings is 1. The maximum absolute atomic E-state index is 12.6. The van der Waals surface area contributed by atoms with Gasteiger partial charge in [-0.15, -0.1) is 0 Å². The van der Waals surface area contributed by atoms with Crippen molar-refractivity contribution in [2.24, 2.45) is 22.5 Å². The van der Waals surface area contributed by atoms with Crippen molar-refractivity contribution >= 4 is 24.2 Å². The molecule has 0 bridgehead atoms. The van der Waals surface area contributed by atoms with E-state index in [1.807, 2.05) is 41.5 Å². The minimum absolute atomic E-state index is 0.0234. The van der Waals surface area contributed by atoms with E-state index in [0.29, 0.717) is 5.56 Å². The Balaban J connectivity index is 2.02. The van der Waals surface area contributed by atoms with Crippen LogP contribution < -0.4 is 15.2 Å². The molecule has 1 fully saturated rings. The summed E-state index contributed by atoms with van der Waals surface area (Å²) in [6, 6.07) is 3.34. The molecule has 2 rings (SSSR count). The van der Waals surface area contributed by atoms with E-state index in [2.05, 4.69) is 0 Å². The number of hydrogen-bond donors (Lipinski definition) is 1. The molecule has 1 aromatic carbocycles. The van der Waals surface area contributed by atoms with Crippen molar-refractivity contribution in [3.8, 4) is 11.5 Å². The molecule has 1 aromatic rings. The topological polar surface area (TPSA) is 150 Å². The predicted molar refractivity (Wildman–Crippen MR) is 154 cm³/mol. The highest BCUT2D eigenvalue weighted by atomic mass is 16.7. The molecule has 0 heterocycles. The van der Waals surface area contributed by atoms with Gasteiger partial charge < -0.3 is 34.2 Å². The maximum Gasteiger partial charge on any atom is 0.513 e. The summed E-state index contributed by atoms with van der Waals surface area (Å²) >= 11 is 0. The minimum atomic E-state index is -1.06. The summed E-state index contributed by atoms with van der Waals surface area (Å²) in [5.41, 5.74) is 6.03. The van der Waals surface area contributed by atoms with E-state index in [0.717, 1.165) is 32.1 Å². The summed E-state index contributed by atoms with van der Waals surface area (Å²) in [5.74, 6) is -1.23. The number of rotatable bonds is 11. The monoisotopic (exact) mass is 593 g/mol. The number of hydrogen-bond acceptors (Lipinski definition) is 11. The Kier molecular flexibility index (Phi) is 13.1. The Morgan fingerprint density at radius 3 is 1.93 bits per heavy atom. The lowest BCUT2D eigenvalue weighted by Crippen LogP contribution is -2.37. The van der Waals surface area contributed by atoms with Crippen molar-refractivity contribution in [1.82, 2.24) is 0 Å². The number of nitrogens with two attached hydrogens (primary N) is 1. The number of esters is 2. The third-order valence-corrected chi connectivity index (χ3v) is 6.12. The smallest absolute Gasteiger partial charge is 0.462 e. The molecule has 0 aliphatic heterocycles. The first-order valence-electron chi connectivity index (χ1n) is 14.5. The zero-order valence-corrected chi connectivity index (χ0v) is 26.0. The van der Waals surface area contributed by atoms with Gasteiger partial charge >= 0.3 is 24.2 Å². The van der Waals surface area contributed by atoms with Crippen LogP contribution in [-0.2, 0) is 35.0 Å². The first-order chi connectivity index (χ1) is 19.5. The van der Waals surface area contributed by atoms with Crippen LogP contribution in [0.4, 0.5) is 9.59 Å². The molecular weight excluding hydrogens is 546 g/mol. The fraction of sp³-hybridized carbons (Fsp3) is 0.677. The van der Waals surface area contributed by atoms with Gasteiger partial charge in [-0.1, -0.05) is 66.9 Å². The molecule has 11 heteroatoms. The predicted octanol–water partition coefficient (Wildman–Crippen LogP) is 5.73. The van der Waals surface area contributed by atoms with E-state index in [-0.39, 0.29) is 60.5 Å². The Morgan fingerprint density at radius 1 is 0.833 bits per heavy atom. The fourth-order valence-electron chi connectivity index (χ4n) is 3.95.